The third kappa shape index (κ3) is 5.70. The van der Waals surface area contributed by atoms with Crippen molar-refractivity contribution >= 4 is 46.4 Å². The maximum absolute atomic E-state index is 6.16. The number of anilines is 1. The van der Waals surface area contributed by atoms with Crippen LogP contribution >= 0.6 is 35.3 Å². The molecule has 0 unspecified atom stereocenters. The topological polar surface area (TPSA) is 79.9 Å². The van der Waals surface area contributed by atoms with Gasteiger partial charge in [-0.1, -0.05) is 6.07 Å². The highest BCUT2D eigenvalue weighted by Crippen LogP contribution is 2.18. The van der Waals surface area contributed by atoms with Crippen LogP contribution in [0, 0.1) is 0 Å². The highest BCUT2D eigenvalue weighted by molar-refractivity contribution is 14.0. The number of guanidine groups is 1. The van der Waals surface area contributed by atoms with Crippen LogP contribution in [0.3, 0.4) is 0 Å². The molecule has 0 saturated carbocycles. The number of pyridine rings is 1. The van der Waals surface area contributed by atoms with Gasteiger partial charge >= 0.3 is 0 Å². The van der Waals surface area contributed by atoms with Gasteiger partial charge in [-0.2, -0.15) is 0 Å². The summed E-state index contributed by atoms with van der Waals surface area (Å²) < 4.78 is 5.54. The molecule has 0 amide bonds. The Hall–Kier alpha value is -1.62. The summed E-state index contributed by atoms with van der Waals surface area (Å²) in [5.74, 6) is 1.22. The van der Waals surface area contributed by atoms with E-state index < -0.39 is 0 Å². The van der Waals surface area contributed by atoms with Gasteiger partial charge in [-0.3, -0.25) is 0 Å². The van der Waals surface area contributed by atoms with Crippen molar-refractivity contribution in [2.45, 2.75) is 26.5 Å². The van der Waals surface area contributed by atoms with Gasteiger partial charge in [-0.25, -0.2) is 15.0 Å². The fourth-order valence-corrected chi connectivity index (χ4v) is 3.28. The first kappa shape index (κ1) is 20.7. The molecule has 26 heavy (non-hydrogen) atoms. The summed E-state index contributed by atoms with van der Waals surface area (Å²) in [7, 11) is 0. The van der Waals surface area contributed by atoms with Gasteiger partial charge in [0, 0.05) is 50.0 Å². The van der Waals surface area contributed by atoms with Crippen molar-refractivity contribution in [3.05, 3.63) is 35.5 Å². The van der Waals surface area contributed by atoms with Crippen molar-refractivity contribution in [2.24, 2.45) is 10.7 Å². The SMILES string of the molecule is CC(C)Oc1ccc(CN=C(N)N2CCN(c3nccs3)CC2)cn1.I. The molecule has 1 fully saturated rings. The predicted octanol–water partition coefficient (Wildman–Crippen LogP) is 2.58. The van der Waals surface area contributed by atoms with Crippen LogP contribution in [0.4, 0.5) is 5.13 Å². The molecule has 0 bridgehead atoms. The van der Waals surface area contributed by atoms with Gasteiger partial charge in [0.25, 0.3) is 0 Å². The molecule has 142 valence electrons. The summed E-state index contributed by atoms with van der Waals surface area (Å²) >= 11 is 1.67. The maximum atomic E-state index is 6.16. The van der Waals surface area contributed by atoms with E-state index in [1.54, 1.807) is 17.5 Å². The third-order valence-corrected chi connectivity index (χ3v) is 4.70. The zero-order valence-electron chi connectivity index (χ0n) is 15.0. The molecule has 3 rings (SSSR count). The molecule has 0 radical (unpaired) electrons. The number of aromatic nitrogens is 2. The number of thiazole rings is 1. The Kier molecular flexibility index (Phi) is 7.88. The van der Waals surface area contributed by atoms with Crippen molar-refractivity contribution in [2.75, 3.05) is 31.1 Å². The van der Waals surface area contributed by atoms with Crippen LogP contribution < -0.4 is 15.4 Å². The van der Waals surface area contributed by atoms with E-state index in [2.05, 4.69) is 24.8 Å². The number of ether oxygens (including phenoxy) is 1. The van der Waals surface area contributed by atoms with Gasteiger partial charge in [-0.15, -0.1) is 35.3 Å². The monoisotopic (exact) mass is 488 g/mol. The molecule has 3 heterocycles. The molecular weight excluding hydrogens is 463 g/mol. The first-order chi connectivity index (χ1) is 12.1. The Morgan fingerprint density at radius 2 is 2.04 bits per heavy atom. The molecule has 2 aromatic rings. The largest absolute Gasteiger partial charge is 0.475 e. The minimum Gasteiger partial charge on any atom is -0.475 e. The number of nitrogens with zero attached hydrogens (tertiary/aromatic N) is 5. The highest BCUT2D eigenvalue weighted by Gasteiger charge is 2.19. The molecule has 9 heteroatoms. The molecule has 2 N–H and O–H groups in total. The van der Waals surface area contributed by atoms with E-state index >= 15 is 0 Å². The molecular formula is C17H25IN6OS. The smallest absolute Gasteiger partial charge is 0.213 e. The van der Waals surface area contributed by atoms with Gasteiger partial charge in [-0.05, 0) is 19.4 Å². The van der Waals surface area contributed by atoms with Crippen molar-refractivity contribution in [1.82, 2.24) is 14.9 Å². The van der Waals surface area contributed by atoms with Crippen molar-refractivity contribution in [3.8, 4) is 5.88 Å². The Balaban J connectivity index is 0.00000243. The Bertz CT molecular complexity index is 684. The van der Waals surface area contributed by atoms with Crippen molar-refractivity contribution in [1.29, 1.82) is 0 Å². The highest BCUT2D eigenvalue weighted by atomic mass is 127. The van der Waals surface area contributed by atoms with E-state index in [1.165, 1.54) is 0 Å². The fourth-order valence-electron chi connectivity index (χ4n) is 2.59. The lowest BCUT2D eigenvalue weighted by molar-refractivity contribution is 0.232. The lowest BCUT2D eigenvalue weighted by Crippen LogP contribution is -2.51. The molecule has 0 spiro atoms. The van der Waals surface area contributed by atoms with Crippen LogP contribution in [0.5, 0.6) is 5.88 Å². The molecule has 1 saturated heterocycles. The Morgan fingerprint density at radius 1 is 1.27 bits per heavy atom. The average Bonchev–Trinajstić information content (AvgIpc) is 3.15. The fraction of sp³-hybridized carbons (Fsp3) is 0.471. The van der Waals surface area contributed by atoms with E-state index in [-0.39, 0.29) is 30.1 Å². The Morgan fingerprint density at radius 3 is 2.62 bits per heavy atom. The van der Waals surface area contributed by atoms with Crippen LogP contribution in [0.1, 0.15) is 19.4 Å². The summed E-state index contributed by atoms with van der Waals surface area (Å²) in [6.45, 7) is 8.01. The summed E-state index contributed by atoms with van der Waals surface area (Å²) in [4.78, 5) is 17.6. The molecule has 0 atom stereocenters. The number of rotatable bonds is 5. The van der Waals surface area contributed by atoms with Gasteiger partial charge in [0.2, 0.25) is 5.88 Å². The standard InChI is InChI=1S/C17H24N6OS.HI/c1-13(2)24-15-4-3-14(11-20-15)12-21-16(18)22-6-8-23(9-7-22)17-19-5-10-25-17;/h3-5,10-11,13H,6-9,12H2,1-2H3,(H2,18,21);1H. The van der Waals surface area contributed by atoms with Crippen LogP contribution in [-0.2, 0) is 6.54 Å². The average molecular weight is 488 g/mol. The van der Waals surface area contributed by atoms with Crippen LogP contribution in [0.2, 0.25) is 0 Å². The summed E-state index contributed by atoms with van der Waals surface area (Å²) in [5.41, 5.74) is 7.17. The zero-order valence-corrected chi connectivity index (χ0v) is 18.2. The minimum atomic E-state index is 0. The van der Waals surface area contributed by atoms with Crippen LogP contribution in [0.15, 0.2) is 34.9 Å². The second-order valence-electron chi connectivity index (χ2n) is 6.13. The molecule has 2 aromatic heterocycles. The van der Waals surface area contributed by atoms with Gasteiger partial charge in [0.15, 0.2) is 11.1 Å². The summed E-state index contributed by atoms with van der Waals surface area (Å²) in [6.07, 6.45) is 3.75. The van der Waals surface area contributed by atoms with Crippen molar-refractivity contribution < 1.29 is 4.74 Å². The lowest BCUT2D eigenvalue weighted by atomic mass is 10.3. The van der Waals surface area contributed by atoms with Crippen molar-refractivity contribution in [3.63, 3.8) is 0 Å². The number of piperazine rings is 1. The van der Waals surface area contributed by atoms with E-state index in [1.807, 2.05) is 37.6 Å². The van der Waals surface area contributed by atoms with Gasteiger partial charge < -0.3 is 20.3 Å². The van der Waals surface area contributed by atoms with Gasteiger partial charge in [0.05, 0.1) is 12.6 Å². The lowest BCUT2D eigenvalue weighted by Gasteiger charge is -2.35. The quantitative estimate of drug-likeness (QED) is 0.396. The maximum Gasteiger partial charge on any atom is 0.213 e. The van der Waals surface area contributed by atoms with E-state index in [9.17, 15) is 0 Å². The molecule has 0 aromatic carbocycles. The van der Waals surface area contributed by atoms with Crippen LogP contribution in [-0.4, -0.2) is 53.1 Å². The van der Waals surface area contributed by atoms with E-state index in [0.717, 1.165) is 36.9 Å². The number of hydrogen-bond donors (Lipinski definition) is 1. The predicted molar refractivity (Wildman–Crippen MR) is 117 cm³/mol. The normalized spacial score (nSPS) is 15.1. The van der Waals surface area contributed by atoms with Crippen LogP contribution in [0.25, 0.3) is 0 Å². The third-order valence-electron chi connectivity index (χ3n) is 3.87. The second-order valence-corrected chi connectivity index (χ2v) is 7.01. The second kappa shape index (κ2) is 9.91. The number of aliphatic imine (C=N–C) groups is 1. The van der Waals surface area contributed by atoms with Gasteiger partial charge in [0.1, 0.15) is 0 Å². The number of hydrogen-bond acceptors (Lipinski definition) is 6. The number of halogens is 1. The molecule has 7 nitrogen and oxygen atoms in total. The first-order valence-corrected chi connectivity index (χ1v) is 9.30. The Labute approximate surface area is 175 Å². The minimum absolute atomic E-state index is 0. The number of nitrogens with two attached hydrogens (primary N) is 1. The van der Waals surface area contributed by atoms with E-state index in [4.69, 9.17) is 10.5 Å². The zero-order chi connectivity index (χ0) is 17.6. The molecule has 1 aliphatic rings. The molecule has 1 aliphatic heterocycles. The first-order valence-electron chi connectivity index (χ1n) is 8.42. The summed E-state index contributed by atoms with van der Waals surface area (Å²) in [5, 5.41) is 3.08. The summed E-state index contributed by atoms with van der Waals surface area (Å²) in [6, 6.07) is 3.84. The molecule has 0 aliphatic carbocycles. The van der Waals surface area contributed by atoms with E-state index in [0.29, 0.717) is 18.4 Å².